The number of aryl methyl sites for hydroxylation is 1. The fourth-order valence-corrected chi connectivity index (χ4v) is 3.28. The first kappa shape index (κ1) is 16.1. The summed E-state index contributed by atoms with van der Waals surface area (Å²) in [5, 5.41) is 12.7. The van der Waals surface area contributed by atoms with Crippen molar-refractivity contribution < 1.29 is 9.21 Å². The number of para-hydroxylation sites is 1. The number of carbonyl (C=O) groups excluding carboxylic acids is 1. The Kier molecular flexibility index (Phi) is 4.40. The summed E-state index contributed by atoms with van der Waals surface area (Å²) in [7, 11) is 0. The van der Waals surface area contributed by atoms with E-state index in [0.29, 0.717) is 29.1 Å². The summed E-state index contributed by atoms with van der Waals surface area (Å²) in [5.74, 6) is 1.70. The highest BCUT2D eigenvalue weighted by Crippen LogP contribution is 2.27. The maximum absolute atomic E-state index is 12.6. The van der Waals surface area contributed by atoms with E-state index in [1.807, 2.05) is 37.3 Å². The van der Waals surface area contributed by atoms with Crippen LogP contribution in [-0.2, 0) is 12.2 Å². The molecule has 0 atom stereocenters. The fraction of sp³-hybridized carbons (Fsp3) is 0.333. The van der Waals surface area contributed by atoms with Crippen LogP contribution in [0.5, 0.6) is 0 Å². The zero-order valence-electron chi connectivity index (χ0n) is 13.9. The average molecular weight is 354 g/mol. The Labute approximate surface area is 149 Å². The minimum atomic E-state index is -0.0333. The molecule has 128 valence electrons. The lowest BCUT2D eigenvalue weighted by Crippen LogP contribution is -2.25. The molecule has 1 N–H and O–H groups in total. The second kappa shape index (κ2) is 6.84. The summed E-state index contributed by atoms with van der Waals surface area (Å²) in [6.07, 6.45) is 2.85. The fourth-order valence-electron chi connectivity index (χ4n) is 2.53. The molecule has 1 aromatic carbocycles. The molecule has 0 saturated heterocycles. The average Bonchev–Trinajstić information content (AvgIpc) is 3.33. The highest BCUT2D eigenvalue weighted by molar-refractivity contribution is 7.98. The smallest absolute Gasteiger partial charge is 0.252 e. The molecule has 0 spiro atoms. The molecule has 3 aromatic rings. The van der Waals surface area contributed by atoms with Gasteiger partial charge in [0.1, 0.15) is 0 Å². The van der Waals surface area contributed by atoms with Gasteiger partial charge in [-0.15, -0.1) is 10.2 Å². The SMILES string of the molecule is CCc1nnc(CSc2cc(C(=O)NC3CC3)c3ccccc3n2)o1. The van der Waals surface area contributed by atoms with E-state index in [-0.39, 0.29) is 5.91 Å². The number of benzene rings is 1. The van der Waals surface area contributed by atoms with Gasteiger partial charge >= 0.3 is 0 Å². The van der Waals surface area contributed by atoms with Gasteiger partial charge in [0.25, 0.3) is 5.91 Å². The minimum Gasteiger partial charge on any atom is -0.424 e. The molecule has 2 heterocycles. The molecular weight excluding hydrogens is 336 g/mol. The summed E-state index contributed by atoms with van der Waals surface area (Å²) >= 11 is 1.49. The Balaban J connectivity index is 1.60. The summed E-state index contributed by atoms with van der Waals surface area (Å²) < 4.78 is 5.53. The molecule has 0 bridgehead atoms. The van der Waals surface area contributed by atoms with Gasteiger partial charge in [0.2, 0.25) is 11.8 Å². The van der Waals surface area contributed by atoms with Gasteiger partial charge in [-0.1, -0.05) is 36.9 Å². The van der Waals surface area contributed by atoms with Crippen LogP contribution in [0.1, 0.15) is 41.9 Å². The molecule has 2 aromatic heterocycles. The van der Waals surface area contributed by atoms with Gasteiger partial charge in [0, 0.05) is 17.8 Å². The van der Waals surface area contributed by atoms with E-state index in [9.17, 15) is 4.79 Å². The van der Waals surface area contributed by atoms with Gasteiger partial charge in [-0.3, -0.25) is 4.79 Å². The molecule has 1 fully saturated rings. The van der Waals surface area contributed by atoms with Gasteiger partial charge in [-0.05, 0) is 25.0 Å². The highest BCUT2D eigenvalue weighted by Gasteiger charge is 2.25. The van der Waals surface area contributed by atoms with E-state index in [1.54, 1.807) is 0 Å². The Morgan fingerprint density at radius 1 is 1.28 bits per heavy atom. The van der Waals surface area contributed by atoms with Crippen LogP contribution < -0.4 is 5.32 Å². The van der Waals surface area contributed by atoms with Crippen molar-refractivity contribution in [1.82, 2.24) is 20.5 Å². The van der Waals surface area contributed by atoms with Crippen LogP contribution in [0, 0.1) is 0 Å². The van der Waals surface area contributed by atoms with Crippen LogP contribution in [0.15, 0.2) is 39.8 Å². The number of thioether (sulfide) groups is 1. The number of rotatable bonds is 6. The molecule has 0 aliphatic heterocycles. The molecule has 4 rings (SSSR count). The molecule has 25 heavy (non-hydrogen) atoms. The summed E-state index contributed by atoms with van der Waals surface area (Å²) in [6, 6.07) is 9.88. The van der Waals surface area contributed by atoms with Crippen molar-refractivity contribution in [2.24, 2.45) is 0 Å². The zero-order valence-corrected chi connectivity index (χ0v) is 14.7. The maximum Gasteiger partial charge on any atom is 0.252 e. The summed E-state index contributed by atoms with van der Waals surface area (Å²) in [5.41, 5.74) is 1.48. The first-order chi connectivity index (χ1) is 12.2. The second-order valence-corrected chi connectivity index (χ2v) is 7.00. The van der Waals surface area contributed by atoms with Crippen molar-refractivity contribution in [3.63, 3.8) is 0 Å². The molecule has 7 heteroatoms. The number of carbonyl (C=O) groups is 1. The molecule has 1 aliphatic carbocycles. The lowest BCUT2D eigenvalue weighted by molar-refractivity contribution is 0.0952. The largest absolute Gasteiger partial charge is 0.424 e. The molecule has 6 nitrogen and oxygen atoms in total. The van der Waals surface area contributed by atoms with Gasteiger partial charge < -0.3 is 9.73 Å². The van der Waals surface area contributed by atoms with Crippen molar-refractivity contribution in [2.45, 2.75) is 43.0 Å². The molecule has 1 aliphatic rings. The Morgan fingerprint density at radius 2 is 2.08 bits per heavy atom. The third kappa shape index (κ3) is 3.66. The number of hydrogen-bond acceptors (Lipinski definition) is 6. The Morgan fingerprint density at radius 3 is 2.84 bits per heavy atom. The van der Waals surface area contributed by atoms with Crippen molar-refractivity contribution in [1.29, 1.82) is 0 Å². The van der Waals surface area contributed by atoms with E-state index in [2.05, 4.69) is 20.5 Å². The van der Waals surface area contributed by atoms with Crippen LogP contribution in [0.3, 0.4) is 0 Å². The van der Waals surface area contributed by atoms with Gasteiger partial charge in [0.05, 0.1) is 21.9 Å². The van der Waals surface area contributed by atoms with Crippen molar-refractivity contribution >= 4 is 28.6 Å². The van der Waals surface area contributed by atoms with E-state index in [4.69, 9.17) is 4.42 Å². The molecule has 0 unspecified atom stereocenters. The van der Waals surface area contributed by atoms with Crippen LogP contribution in [0.2, 0.25) is 0 Å². The molecule has 0 radical (unpaired) electrons. The monoisotopic (exact) mass is 354 g/mol. The quantitative estimate of drug-likeness (QED) is 0.684. The number of amides is 1. The number of aromatic nitrogens is 3. The van der Waals surface area contributed by atoms with Crippen LogP contribution >= 0.6 is 11.8 Å². The first-order valence-electron chi connectivity index (χ1n) is 8.37. The van der Waals surface area contributed by atoms with Gasteiger partial charge in [-0.25, -0.2) is 4.98 Å². The Hall–Kier alpha value is -2.41. The summed E-state index contributed by atoms with van der Waals surface area (Å²) in [4.78, 5) is 17.2. The van der Waals surface area contributed by atoms with Crippen LogP contribution in [-0.4, -0.2) is 27.1 Å². The predicted octanol–water partition coefficient (Wildman–Crippen LogP) is 3.36. The number of nitrogens with one attached hydrogen (secondary N) is 1. The van der Waals surface area contributed by atoms with E-state index in [0.717, 1.165) is 35.2 Å². The Bertz CT molecular complexity index is 920. The second-order valence-electron chi connectivity index (χ2n) is 6.00. The number of pyridine rings is 1. The third-order valence-electron chi connectivity index (χ3n) is 4.00. The first-order valence-corrected chi connectivity index (χ1v) is 9.36. The minimum absolute atomic E-state index is 0.0333. The standard InChI is InChI=1S/C18H18N4O2S/c1-2-15-21-22-16(24-15)10-25-17-9-13(18(23)19-11-7-8-11)12-5-3-4-6-14(12)20-17/h3-6,9,11H,2,7-8,10H2,1H3,(H,19,23). The van der Waals surface area contributed by atoms with Gasteiger partial charge in [0.15, 0.2) is 0 Å². The zero-order chi connectivity index (χ0) is 17.2. The number of hydrogen-bond donors (Lipinski definition) is 1. The third-order valence-corrected chi connectivity index (χ3v) is 4.90. The van der Waals surface area contributed by atoms with Crippen molar-refractivity contribution in [3.05, 3.63) is 47.7 Å². The van der Waals surface area contributed by atoms with Crippen molar-refractivity contribution in [2.75, 3.05) is 0 Å². The normalized spacial score (nSPS) is 14.0. The van der Waals surface area contributed by atoms with Gasteiger partial charge in [-0.2, -0.15) is 0 Å². The molecule has 1 amide bonds. The number of fused-ring (bicyclic) bond motifs is 1. The van der Waals surface area contributed by atoms with Crippen LogP contribution in [0.4, 0.5) is 0 Å². The lowest BCUT2D eigenvalue weighted by atomic mass is 10.1. The van der Waals surface area contributed by atoms with E-state index < -0.39 is 0 Å². The maximum atomic E-state index is 12.6. The van der Waals surface area contributed by atoms with Crippen molar-refractivity contribution in [3.8, 4) is 0 Å². The number of nitrogens with zero attached hydrogens (tertiary/aromatic N) is 3. The lowest BCUT2D eigenvalue weighted by Gasteiger charge is -2.09. The molecule has 1 saturated carbocycles. The topological polar surface area (TPSA) is 80.9 Å². The molecular formula is C18H18N4O2S. The van der Waals surface area contributed by atoms with E-state index in [1.165, 1.54) is 11.8 Å². The van der Waals surface area contributed by atoms with Crippen LogP contribution in [0.25, 0.3) is 10.9 Å². The highest BCUT2D eigenvalue weighted by atomic mass is 32.2. The predicted molar refractivity (Wildman–Crippen MR) is 95.5 cm³/mol. The van der Waals surface area contributed by atoms with E-state index >= 15 is 0 Å². The summed E-state index contributed by atoms with van der Waals surface area (Å²) in [6.45, 7) is 1.97.